The number of pyridine rings is 1. The van der Waals surface area contributed by atoms with E-state index in [0.29, 0.717) is 16.7 Å². The Bertz CT molecular complexity index is 977. The minimum Gasteiger partial charge on any atom is -0.373 e. The highest BCUT2D eigenvalue weighted by Crippen LogP contribution is 2.34. The lowest BCUT2D eigenvalue weighted by Gasteiger charge is -2.21. The van der Waals surface area contributed by atoms with Crippen LogP contribution in [-0.4, -0.2) is 20.9 Å². The van der Waals surface area contributed by atoms with Crippen molar-refractivity contribution in [1.82, 2.24) is 14.8 Å². The van der Waals surface area contributed by atoms with Crippen molar-refractivity contribution < 1.29 is 4.74 Å². The van der Waals surface area contributed by atoms with Gasteiger partial charge in [-0.3, -0.25) is 4.98 Å². The Morgan fingerprint density at radius 1 is 1.08 bits per heavy atom. The van der Waals surface area contributed by atoms with Crippen molar-refractivity contribution in [3.8, 4) is 16.9 Å². The zero-order chi connectivity index (χ0) is 18.4. The maximum Gasteiger partial charge on any atom is 0.0987 e. The zero-order valence-corrected chi connectivity index (χ0v) is 16.4. The normalized spacial score (nSPS) is 16.6. The summed E-state index contributed by atoms with van der Waals surface area (Å²) in [5.74, 6) is 0. The van der Waals surface area contributed by atoms with E-state index in [1.807, 2.05) is 30.7 Å². The van der Waals surface area contributed by atoms with Gasteiger partial charge in [0.2, 0.25) is 0 Å². The SMILES string of the molecule is Cc1cc(-c2nn(-c3ccc(Cl)c(Cl)c3)c3c2COC(C)C3)cc(C)n1. The van der Waals surface area contributed by atoms with Crippen molar-refractivity contribution >= 4 is 23.2 Å². The molecule has 4 rings (SSSR count). The van der Waals surface area contributed by atoms with E-state index in [-0.39, 0.29) is 6.10 Å². The average molecular weight is 388 g/mol. The Balaban J connectivity index is 1.92. The molecule has 0 amide bonds. The molecular weight excluding hydrogens is 369 g/mol. The van der Waals surface area contributed by atoms with Crippen molar-refractivity contribution in [3.05, 3.63) is 63.0 Å². The van der Waals surface area contributed by atoms with Crippen molar-refractivity contribution in [1.29, 1.82) is 0 Å². The summed E-state index contributed by atoms with van der Waals surface area (Å²) in [6.07, 6.45) is 0.945. The van der Waals surface area contributed by atoms with Crippen LogP contribution in [0.5, 0.6) is 0 Å². The first-order chi connectivity index (χ1) is 12.4. The molecule has 26 heavy (non-hydrogen) atoms. The summed E-state index contributed by atoms with van der Waals surface area (Å²) in [4.78, 5) is 4.47. The highest BCUT2D eigenvalue weighted by molar-refractivity contribution is 6.42. The molecule has 0 fully saturated rings. The third kappa shape index (κ3) is 3.13. The van der Waals surface area contributed by atoms with E-state index in [0.717, 1.165) is 46.0 Å². The van der Waals surface area contributed by atoms with Crippen LogP contribution in [0.3, 0.4) is 0 Å². The number of aromatic nitrogens is 3. The minimum atomic E-state index is 0.148. The Morgan fingerprint density at radius 2 is 1.81 bits per heavy atom. The second kappa shape index (κ2) is 6.69. The van der Waals surface area contributed by atoms with Gasteiger partial charge in [-0.15, -0.1) is 0 Å². The summed E-state index contributed by atoms with van der Waals surface area (Å²) in [5.41, 5.74) is 7.13. The van der Waals surface area contributed by atoms with Gasteiger partial charge >= 0.3 is 0 Å². The third-order valence-electron chi connectivity index (χ3n) is 4.59. The number of halogens is 2. The first kappa shape index (κ1) is 17.5. The van der Waals surface area contributed by atoms with Crippen molar-refractivity contribution in [2.45, 2.75) is 39.9 Å². The number of hydrogen-bond donors (Lipinski definition) is 0. The Labute approximate surface area is 162 Å². The van der Waals surface area contributed by atoms with Crippen molar-refractivity contribution in [2.75, 3.05) is 0 Å². The molecule has 0 bridgehead atoms. The van der Waals surface area contributed by atoms with E-state index in [9.17, 15) is 0 Å². The van der Waals surface area contributed by atoms with Gasteiger partial charge in [0, 0.05) is 28.9 Å². The van der Waals surface area contributed by atoms with Crippen LogP contribution in [-0.2, 0) is 17.8 Å². The predicted octanol–water partition coefficient (Wildman–Crippen LogP) is 5.32. The summed E-state index contributed by atoms with van der Waals surface area (Å²) in [6, 6.07) is 9.72. The molecule has 0 saturated heterocycles. The standard InChI is InChI=1S/C20H19Cl2N3O/c1-11-6-14(7-12(2)23-11)20-16-10-26-13(3)8-19(16)25(24-20)15-4-5-17(21)18(22)9-15/h4-7,9,13H,8,10H2,1-3H3. The number of hydrogen-bond acceptors (Lipinski definition) is 3. The zero-order valence-electron chi connectivity index (χ0n) is 14.9. The summed E-state index contributed by atoms with van der Waals surface area (Å²) < 4.78 is 7.87. The van der Waals surface area contributed by atoms with Crippen LogP contribution in [0.25, 0.3) is 16.9 Å². The molecular formula is C20H19Cl2N3O. The van der Waals surface area contributed by atoms with Crippen LogP contribution < -0.4 is 0 Å². The van der Waals surface area contributed by atoms with E-state index in [4.69, 9.17) is 33.0 Å². The smallest absolute Gasteiger partial charge is 0.0987 e. The molecule has 6 heteroatoms. The average Bonchev–Trinajstić information content (AvgIpc) is 2.95. The maximum atomic E-state index is 6.23. The molecule has 2 aromatic heterocycles. The molecule has 1 unspecified atom stereocenters. The maximum absolute atomic E-state index is 6.23. The molecule has 0 N–H and O–H groups in total. The van der Waals surface area contributed by atoms with E-state index in [1.54, 1.807) is 6.07 Å². The van der Waals surface area contributed by atoms with Crippen LogP contribution in [0.4, 0.5) is 0 Å². The van der Waals surface area contributed by atoms with Gasteiger partial charge in [-0.05, 0) is 51.1 Å². The number of rotatable bonds is 2. The van der Waals surface area contributed by atoms with E-state index < -0.39 is 0 Å². The fourth-order valence-electron chi connectivity index (χ4n) is 3.44. The van der Waals surface area contributed by atoms with E-state index >= 15 is 0 Å². The fourth-order valence-corrected chi connectivity index (χ4v) is 3.73. The Hall–Kier alpha value is -1.88. The number of benzene rings is 1. The van der Waals surface area contributed by atoms with Crippen LogP contribution in [0.15, 0.2) is 30.3 Å². The predicted molar refractivity (Wildman–Crippen MR) is 104 cm³/mol. The van der Waals surface area contributed by atoms with Gasteiger partial charge in [0.25, 0.3) is 0 Å². The number of ether oxygens (including phenoxy) is 1. The number of nitrogens with zero attached hydrogens (tertiary/aromatic N) is 3. The minimum absolute atomic E-state index is 0.148. The molecule has 1 atom stereocenters. The molecule has 134 valence electrons. The largest absolute Gasteiger partial charge is 0.373 e. The molecule has 1 aromatic carbocycles. The summed E-state index contributed by atoms with van der Waals surface area (Å²) >= 11 is 12.3. The lowest BCUT2D eigenvalue weighted by molar-refractivity contribution is 0.0401. The monoisotopic (exact) mass is 387 g/mol. The lowest BCUT2D eigenvalue weighted by atomic mass is 10.0. The number of aryl methyl sites for hydroxylation is 2. The highest BCUT2D eigenvalue weighted by atomic mass is 35.5. The molecule has 0 saturated carbocycles. The Morgan fingerprint density at radius 3 is 2.50 bits per heavy atom. The molecule has 3 aromatic rings. The molecule has 0 spiro atoms. The summed E-state index contributed by atoms with van der Waals surface area (Å²) in [7, 11) is 0. The molecule has 1 aliphatic rings. The van der Waals surface area contributed by atoms with Crippen LogP contribution in [0, 0.1) is 13.8 Å². The second-order valence-electron chi connectivity index (χ2n) is 6.75. The third-order valence-corrected chi connectivity index (χ3v) is 5.32. The van der Waals surface area contributed by atoms with E-state index in [2.05, 4.69) is 24.0 Å². The van der Waals surface area contributed by atoms with Gasteiger partial charge in [0.1, 0.15) is 0 Å². The summed E-state index contributed by atoms with van der Waals surface area (Å²) in [5, 5.41) is 5.98. The molecule has 0 aliphatic carbocycles. The fraction of sp³-hybridized carbons (Fsp3) is 0.300. The van der Waals surface area contributed by atoms with Gasteiger partial charge in [-0.1, -0.05) is 23.2 Å². The lowest BCUT2D eigenvalue weighted by Crippen LogP contribution is -2.20. The van der Waals surface area contributed by atoms with Crippen LogP contribution in [0.2, 0.25) is 10.0 Å². The van der Waals surface area contributed by atoms with Crippen LogP contribution >= 0.6 is 23.2 Å². The topological polar surface area (TPSA) is 39.9 Å². The van der Waals surface area contributed by atoms with Crippen molar-refractivity contribution in [2.24, 2.45) is 0 Å². The van der Waals surface area contributed by atoms with E-state index in [1.165, 1.54) is 0 Å². The van der Waals surface area contributed by atoms with Gasteiger partial charge in [0.15, 0.2) is 0 Å². The molecule has 1 aliphatic heterocycles. The molecule has 4 nitrogen and oxygen atoms in total. The van der Waals surface area contributed by atoms with Gasteiger partial charge < -0.3 is 4.74 Å². The van der Waals surface area contributed by atoms with Crippen molar-refractivity contribution in [3.63, 3.8) is 0 Å². The Kier molecular flexibility index (Phi) is 4.51. The molecule has 3 heterocycles. The first-order valence-electron chi connectivity index (χ1n) is 8.56. The highest BCUT2D eigenvalue weighted by Gasteiger charge is 2.26. The van der Waals surface area contributed by atoms with Crippen LogP contribution in [0.1, 0.15) is 29.6 Å². The second-order valence-corrected chi connectivity index (χ2v) is 7.56. The molecule has 0 radical (unpaired) electrons. The first-order valence-corrected chi connectivity index (χ1v) is 9.31. The van der Waals surface area contributed by atoms with Gasteiger partial charge in [-0.25, -0.2) is 4.68 Å². The quantitative estimate of drug-likeness (QED) is 0.597. The van der Waals surface area contributed by atoms with Gasteiger partial charge in [-0.2, -0.15) is 5.10 Å². The van der Waals surface area contributed by atoms with Gasteiger partial charge in [0.05, 0.1) is 39.8 Å². The summed E-state index contributed by atoms with van der Waals surface area (Å²) in [6.45, 7) is 6.62. The number of fused-ring (bicyclic) bond motifs is 1.